The van der Waals surface area contributed by atoms with Gasteiger partial charge in [0.15, 0.2) is 0 Å². The average Bonchev–Trinajstić information content (AvgIpc) is 2.47. The van der Waals surface area contributed by atoms with E-state index in [1.807, 2.05) is 0 Å². The number of ether oxygens (including phenoxy) is 2. The number of hydrogen-bond acceptors (Lipinski definition) is 3. The van der Waals surface area contributed by atoms with Crippen molar-refractivity contribution < 1.29 is 9.47 Å². The Morgan fingerprint density at radius 2 is 1.82 bits per heavy atom. The molecule has 1 aromatic carbocycles. The van der Waals surface area contributed by atoms with Gasteiger partial charge < -0.3 is 9.47 Å². The van der Waals surface area contributed by atoms with Crippen LogP contribution in [0.2, 0.25) is 0 Å². The summed E-state index contributed by atoms with van der Waals surface area (Å²) >= 11 is 1.75. The van der Waals surface area contributed by atoms with Gasteiger partial charge in [0.2, 0.25) is 0 Å². The van der Waals surface area contributed by atoms with Gasteiger partial charge in [0.25, 0.3) is 0 Å². The van der Waals surface area contributed by atoms with Crippen LogP contribution in [0.4, 0.5) is 0 Å². The molecule has 0 bridgehead atoms. The van der Waals surface area contributed by atoms with Crippen molar-refractivity contribution in [3.63, 3.8) is 0 Å². The Morgan fingerprint density at radius 1 is 1.14 bits per heavy atom. The first kappa shape index (κ1) is 19.4. The van der Waals surface area contributed by atoms with Gasteiger partial charge in [-0.15, -0.1) is 11.8 Å². The molecule has 1 atom stereocenters. The van der Waals surface area contributed by atoms with Crippen LogP contribution in [-0.2, 0) is 4.74 Å². The molecule has 0 heterocycles. The van der Waals surface area contributed by atoms with Gasteiger partial charge in [-0.2, -0.15) is 0 Å². The van der Waals surface area contributed by atoms with Gasteiger partial charge in [-0.25, -0.2) is 0 Å². The molecule has 0 saturated carbocycles. The molecule has 0 aromatic heterocycles. The molecule has 0 amide bonds. The van der Waals surface area contributed by atoms with Crippen molar-refractivity contribution >= 4 is 11.8 Å². The third-order valence-electron chi connectivity index (χ3n) is 3.95. The second-order valence-electron chi connectivity index (χ2n) is 6.50. The fraction of sp³-hybridized carbons (Fsp3) is 0.684. The maximum absolute atomic E-state index is 5.83. The lowest BCUT2D eigenvalue weighted by Crippen LogP contribution is -2.24. The quantitative estimate of drug-likeness (QED) is 0.479. The first-order chi connectivity index (χ1) is 10.5. The van der Waals surface area contributed by atoms with Crippen molar-refractivity contribution in [2.75, 3.05) is 19.5 Å². The van der Waals surface area contributed by atoms with Crippen LogP contribution in [-0.4, -0.2) is 25.1 Å². The summed E-state index contributed by atoms with van der Waals surface area (Å²) in [5.74, 6) is 1.67. The molecule has 2 nitrogen and oxygen atoms in total. The zero-order valence-corrected chi connectivity index (χ0v) is 15.7. The SMILES string of the molecule is CCOC(C)(C)CCCC(C)CCOc1ccc(SC)cc1. The van der Waals surface area contributed by atoms with Gasteiger partial charge in [0.05, 0.1) is 12.2 Å². The Balaban J connectivity index is 2.16. The maximum Gasteiger partial charge on any atom is 0.119 e. The van der Waals surface area contributed by atoms with Crippen molar-refractivity contribution in [1.29, 1.82) is 0 Å². The molecular formula is C19H32O2S. The molecular weight excluding hydrogens is 292 g/mol. The van der Waals surface area contributed by atoms with Crippen LogP contribution in [0.5, 0.6) is 5.75 Å². The van der Waals surface area contributed by atoms with E-state index in [1.54, 1.807) is 11.8 Å². The normalized spacial score (nSPS) is 13.1. The molecule has 0 aliphatic carbocycles. The molecule has 3 heteroatoms. The third kappa shape index (κ3) is 8.09. The molecule has 22 heavy (non-hydrogen) atoms. The van der Waals surface area contributed by atoms with Crippen molar-refractivity contribution in [3.05, 3.63) is 24.3 Å². The van der Waals surface area contributed by atoms with E-state index in [9.17, 15) is 0 Å². The monoisotopic (exact) mass is 324 g/mol. The van der Waals surface area contributed by atoms with Crippen LogP contribution in [0.3, 0.4) is 0 Å². The van der Waals surface area contributed by atoms with Crippen molar-refractivity contribution in [3.8, 4) is 5.75 Å². The Labute approximate surface area is 141 Å². The standard InChI is InChI=1S/C19H32O2S/c1-6-21-19(3,4)14-7-8-16(2)13-15-20-17-9-11-18(22-5)12-10-17/h9-12,16H,6-8,13-15H2,1-5H3. The highest BCUT2D eigenvalue weighted by Crippen LogP contribution is 2.22. The molecule has 0 radical (unpaired) electrons. The van der Waals surface area contributed by atoms with Crippen molar-refractivity contribution in [1.82, 2.24) is 0 Å². The smallest absolute Gasteiger partial charge is 0.119 e. The van der Waals surface area contributed by atoms with E-state index >= 15 is 0 Å². The lowest BCUT2D eigenvalue weighted by Gasteiger charge is -2.25. The van der Waals surface area contributed by atoms with Gasteiger partial charge in [-0.3, -0.25) is 0 Å². The fourth-order valence-corrected chi connectivity index (χ4v) is 2.94. The molecule has 0 fully saturated rings. The first-order valence-corrected chi connectivity index (χ1v) is 9.60. The minimum absolute atomic E-state index is 0.0179. The average molecular weight is 325 g/mol. The highest BCUT2D eigenvalue weighted by molar-refractivity contribution is 7.98. The van der Waals surface area contributed by atoms with Crippen molar-refractivity contribution in [2.45, 2.75) is 63.9 Å². The predicted octanol–water partition coefficient (Wildman–Crippen LogP) is 5.80. The minimum Gasteiger partial charge on any atom is -0.494 e. The van der Waals surface area contributed by atoms with E-state index in [2.05, 4.69) is 58.2 Å². The van der Waals surface area contributed by atoms with Gasteiger partial charge in [-0.1, -0.05) is 19.8 Å². The molecule has 1 aromatic rings. The van der Waals surface area contributed by atoms with E-state index in [1.165, 1.54) is 17.7 Å². The zero-order chi connectivity index (χ0) is 16.4. The predicted molar refractivity (Wildman–Crippen MR) is 97.1 cm³/mol. The summed E-state index contributed by atoms with van der Waals surface area (Å²) in [6.07, 6.45) is 6.79. The van der Waals surface area contributed by atoms with Gasteiger partial charge in [0.1, 0.15) is 5.75 Å². The highest BCUT2D eigenvalue weighted by Gasteiger charge is 2.17. The van der Waals surface area contributed by atoms with Crippen LogP contribution < -0.4 is 4.74 Å². The number of thioether (sulfide) groups is 1. The summed E-state index contributed by atoms with van der Waals surface area (Å²) in [4.78, 5) is 1.28. The number of benzene rings is 1. The van der Waals surface area contributed by atoms with Crippen molar-refractivity contribution in [2.24, 2.45) is 5.92 Å². The molecule has 0 aliphatic rings. The molecule has 0 aliphatic heterocycles. The van der Waals surface area contributed by atoms with E-state index < -0.39 is 0 Å². The Kier molecular flexibility index (Phi) is 8.96. The van der Waals surface area contributed by atoms with Crippen LogP contribution in [0.25, 0.3) is 0 Å². The second kappa shape index (κ2) is 10.2. The van der Waals surface area contributed by atoms with Gasteiger partial charge >= 0.3 is 0 Å². The largest absolute Gasteiger partial charge is 0.494 e. The first-order valence-electron chi connectivity index (χ1n) is 8.37. The molecule has 1 rings (SSSR count). The van der Waals surface area contributed by atoms with Crippen LogP contribution in [0.15, 0.2) is 29.2 Å². The van der Waals surface area contributed by atoms with E-state index in [-0.39, 0.29) is 5.60 Å². The van der Waals surface area contributed by atoms with Crippen LogP contribution >= 0.6 is 11.8 Å². The topological polar surface area (TPSA) is 18.5 Å². The number of rotatable bonds is 11. The molecule has 0 N–H and O–H groups in total. The summed E-state index contributed by atoms with van der Waals surface area (Å²) in [5.41, 5.74) is 0.0179. The summed E-state index contributed by atoms with van der Waals surface area (Å²) in [7, 11) is 0. The van der Waals surface area contributed by atoms with E-state index in [0.717, 1.165) is 31.8 Å². The Hall–Kier alpha value is -0.670. The van der Waals surface area contributed by atoms with Gasteiger partial charge in [0, 0.05) is 11.5 Å². The molecule has 126 valence electrons. The second-order valence-corrected chi connectivity index (χ2v) is 7.38. The van der Waals surface area contributed by atoms with Gasteiger partial charge in [-0.05, 0) is 70.1 Å². The van der Waals surface area contributed by atoms with Crippen LogP contribution in [0, 0.1) is 5.92 Å². The zero-order valence-electron chi connectivity index (χ0n) is 14.9. The van der Waals surface area contributed by atoms with Crippen LogP contribution in [0.1, 0.15) is 53.4 Å². The van der Waals surface area contributed by atoms with E-state index in [4.69, 9.17) is 9.47 Å². The summed E-state index contributed by atoms with van der Waals surface area (Å²) in [6, 6.07) is 8.33. The summed E-state index contributed by atoms with van der Waals surface area (Å²) < 4.78 is 11.6. The molecule has 0 spiro atoms. The highest BCUT2D eigenvalue weighted by atomic mass is 32.2. The Morgan fingerprint density at radius 3 is 2.41 bits per heavy atom. The molecule has 0 saturated heterocycles. The number of hydrogen-bond donors (Lipinski definition) is 0. The minimum atomic E-state index is 0.0179. The summed E-state index contributed by atoms with van der Waals surface area (Å²) in [5, 5.41) is 0. The summed E-state index contributed by atoms with van der Waals surface area (Å²) in [6.45, 7) is 10.3. The lowest BCUT2D eigenvalue weighted by atomic mass is 9.95. The third-order valence-corrected chi connectivity index (χ3v) is 4.69. The molecule has 1 unspecified atom stereocenters. The lowest BCUT2D eigenvalue weighted by molar-refractivity contribution is -0.0183. The van der Waals surface area contributed by atoms with E-state index in [0.29, 0.717) is 5.92 Å². The maximum atomic E-state index is 5.83. The Bertz CT molecular complexity index is 400. The fourth-order valence-electron chi connectivity index (χ4n) is 2.53.